The van der Waals surface area contributed by atoms with Gasteiger partial charge in [0.15, 0.2) is 11.6 Å². The van der Waals surface area contributed by atoms with Crippen molar-refractivity contribution in [1.82, 2.24) is 9.97 Å². The van der Waals surface area contributed by atoms with Crippen molar-refractivity contribution in [2.24, 2.45) is 0 Å². The number of carbonyl (C=O) groups is 1. The van der Waals surface area contributed by atoms with Crippen molar-refractivity contribution in [2.75, 3.05) is 12.9 Å². The zero-order chi connectivity index (χ0) is 22.1. The molecule has 0 atom stereocenters. The van der Waals surface area contributed by atoms with Gasteiger partial charge in [-0.1, -0.05) is 23.9 Å². The number of ether oxygens (including phenoxy) is 1. The highest BCUT2D eigenvalue weighted by atomic mass is 32.2. The third-order valence-electron chi connectivity index (χ3n) is 5.62. The Labute approximate surface area is 193 Å². The first kappa shape index (κ1) is 21.1. The van der Waals surface area contributed by atoms with Gasteiger partial charge in [-0.3, -0.25) is 4.79 Å². The number of hydrogen-bond donors (Lipinski definition) is 0. The van der Waals surface area contributed by atoms with E-state index in [-0.39, 0.29) is 17.4 Å². The van der Waals surface area contributed by atoms with E-state index in [1.54, 1.807) is 42.7 Å². The largest absolute Gasteiger partial charge is 0.497 e. The predicted octanol–water partition coefficient (Wildman–Crippen LogP) is 6.36. The third-order valence-corrected chi connectivity index (χ3v) is 7.78. The number of thiophene rings is 1. The maximum atomic E-state index is 13.4. The molecule has 0 unspecified atom stereocenters. The average Bonchev–Trinajstić information content (AvgIpc) is 3.21. The Bertz CT molecular complexity index is 1300. The van der Waals surface area contributed by atoms with E-state index in [9.17, 15) is 9.18 Å². The first-order valence-corrected chi connectivity index (χ1v) is 12.3. The Hall–Kier alpha value is -2.77. The number of thioether (sulfide) groups is 1. The molecule has 0 saturated heterocycles. The third kappa shape index (κ3) is 4.14. The Balaban J connectivity index is 1.53. The first-order chi connectivity index (χ1) is 15.6. The Kier molecular flexibility index (Phi) is 5.93. The van der Waals surface area contributed by atoms with Crippen LogP contribution in [0.1, 0.15) is 33.6 Å². The number of halogens is 1. The number of ketones is 1. The zero-order valence-corrected chi connectivity index (χ0v) is 19.2. The summed E-state index contributed by atoms with van der Waals surface area (Å²) in [7, 11) is 1.59. The van der Waals surface area contributed by atoms with Crippen LogP contribution in [0.25, 0.3) is 21.6 Å². The number of rotatable bonds is 6. The van der Waals surface area contributed by atoms with Crippen LogP contribution < -0.4 is 4.74 Å². The number of carbonyl (C=O) groups excluding carboxylic acids is 1. The van der Waals surface area contributed by atoms with Crippen LogP contribution in [-0.2, 0) is 12.8 Å². The van der Waals surface area contributed by atoms with Crippen LogP contribution in [-0.4, -0.2) is 28.6 Å². The molecule has 0 N–H and O–H groups in total. The summed E-state index contributed by atoms with van der Waals surface area (Å²) in [5.41, 5.74) is 2.71. The number of hydrogen-bond acceptors (Lipinski definition) is 6. The minimum absolute atomic E-state index is 0.0214. The zero-order valence-electron chi connectivity index (χ0n) is 17.6. The maximum absolute atomic E-state index is 13.4. The fraction of sp³-hybridized carbons (Fsp3) is 0.240. The molecule has 2 aromatic heterocycles. The molecular formula is C25H21FN2O2S2. The molecule has 0 spiro atoms. The monoisotopic (exact) mass is 464 g/mol. The topological polar surface area (TPSA) is 52.1 Å². The molecule has 0 bridgehead atoms. The number of Topliss-reactive ketones (excluding diaryl/α,β-unsaturated/α-hetero) is 1. The fourth-order valence-corrected chi connectivity index (χ4v) is 6.25. The van der Waals surface area contributed by atoms with Gasteiger partial charge in [0.25, 0.3) is 0 Å². The molecule has 0 radical (unpaired) electrons. The van der Waals surface area contributed by atoms with Crippen LogP contribution >= 0.6 is 23.1 Å². The van der Waals surface area contributed by atoms with E-state index in [2.05, 4.69) is 0 Å². The molecule has 0 fully saturated rings. The minimum atomic E-state index is -0.292. The smallest absolute Gasteiger partial charge is 0.173 e. The molecule has 0 aliphatic heterocycles. The van der Waals surface area contributed by atoms with E-state index in [1.165, 1.54) is 40.8 Å². The summed E-state index contributed by atoms with van der Waals surface area (Å²) in [5, 5.41) is 1.91. The summed E-state index contributed by atoms with van der Waals surface area (Å²) in [4.78, 5) is 24.9. The van der Waals surface area contributed by atoms with Crippen LogP contribution in [0.3, 0.4) is 0 Å². The second-order valence-corrected chi connectivity index (χ2v) is 9.74. The quantitative estimate of drug-likeness (QED) is 0.189. The standard InChI is InChI=1S/C25H21FN2O2S2/c1-30-18-6-4-5-16(13-18)20(29)14-31-24-22-19-7-2-3-8-21(19)32-25(22)28-23(27-24)15-9-11-17(26)12-10-15/h4-6,9-13H,2-3,7-8,14H2,1H3. The summed E-state index contributed by atoms with van der Waals surface area (Å²) in [5.74, 6) is 1.23. The second-order valence-electron chi connectivity index (χ2n) is 7.69. The Morgan fingerprint density at radius 2 is 1.94 bits per heavy atom. The number of methoxy groups -OCH3 is 1. The van der Waals surface area contributed by atoms with Crippen LogP contribution in [0.4, 0.5) is 4.39 Å². The molecule has 7 heteroatoms. The van der Waals surface area contributed by atoms with Crippen molar-refractivity contribution in [3.8, 4) is 17.1 Å². The molecule has 162 valence electrons. The molecule has 32 heavy (non-hydrogen) atoms. The summed E-state index contributed by atoms with van der Waals surface area (Å²) < 4.78 is 18.7. The summed E-state index contributed by atoms with van der Waals surface area (Å²) in [6, 6.07) is 13.4. The lowest BCUT2D eigenvalue weighted by Crippen LogP contribution is -2.04. The van der Waals surface area contributed by atoms with Crippen molar-refractivity contribution in [3.05, 3.63) is 70.4 Å². The predicted molar refractivity (Wildman–Crippen MR) is 127 cm³/mol. The van der Waals surface area contributed by atoms with Gasteiger partial charge in [-0.2, -0.15) is 0 Å². The lowest BCUT2D eigenvalue weighted by atomic mass is 9.97. The Morgan fingerprint density at radius 1 is 1.12 bits per heavy atom. The first-order valence-electron chi connectivity index (χ1n) is 10.5. The van der Waals surface area contributed by atoms with E-state index in [0.717, 1.165) is 40.1 Å². The average molecular weight is 465 g/mol. The lowest BCUT2D eigenvalue weighted by molar-refractivity contribution is 0.102. The normalized spacial score (nSPS) is 13.2. The second kappa shape index (κ2) is 9.00. The molecule has 4 aromatic rings. The van der Waals surface area contributed by atoms with Gasteiger partial charge in [-0.05, 0) is 67.6 Å². The maximum Gasteiger partial charge on any atom is 0.173 e. The van der Waals surface area contributed by atoms with Gasteiger partial charge in [-0.25, -0.2) is 14.4 Å². The lowest BCUT2D eigenvalue weighted by Gasteiger charge is -2.12. The van der Waals surface area contributed by atoms with E-state index in [0.29, 0.717) is 17.1 Å². The van der Waals surface area contributed by atoms with Crippen LogP contribution in [0.2, 0.25) is 0 Å². The molecule has 1 aliphatic rings. The van der Waals surface area contributed by atoms with E-state index in [1.807, 2.05) is 12.1 Å². The van der Waals surface area contributed by atoms with Gasteiger partial charge in [0.1, 0.15) is 21.4 Å². The van der Waals surface area contributed by atoms with Gasteiger partial charge in [-0.15, -0.1) is 11.3 Å². The van der Waals surface area contributed by atoms with E-state index < -0.39 is 0 Å². The van der Waals surface area contributed by atoms with Gasteiger partial charge in [0.2, 0.25) is 0 Å². The number of benzene rings is 2. The number of aryl methyl sites for hydroxylation is 2. The summed E-state index contributed by atoms with van der Waals surface area (Å²) >= 11 is 3.17. The molecule has 2 heterocycles. The van der Waals surface area contributed by atoms with Crippen LogP contribution in [0.15, 0.2) is 53.6 Å². The van der Waals surface area contributed by atoms with Gasteiger partial charge >= 0.3 is 0 Å². The molecule has 5 rings (SSSR count). The van der Waals surface area contributed by atoms with Crippen molar-refractivity contribution in [2.45, 2.75) is 30.7 Å². The van der Waals surface area contributed by atoms with Gasteiger partial charge in [0.05, 0.1) is 12.9 Å². The molecule has 2 aromatic carbocycles. The van der Waals surface area contributed by atoms with Crippen molar-refractivity contribution in [3.63, 3.8) is 0 Å². The SMILES string of the molecule is COc1cccc(C(=O)CSc2nc(-c3ccc(F)cc3)nc3sc4c(c23)CCCC4)c1. The van der Waals surface area contributed by atoms with E-state index >= 15 is 0 Å². The number of aromatic nitrogens is 2. The minimum Gasteiger partial charge on any atom is -0.497 e. The van der Waals surface area contributed by atoms with Gasteiger partial charge in [0, 0.05) is 21.4 Å². The molecular weight excluding hydrogens is 443 g/mol. The highest BCUT2D eigenvalue weighted by Gasteiger charge is 2.22. The van der Waals surface area contributed by atoms with Crippen LogP contribution in [0.5, 0.6) is 5.75 Å². The van der Waals surface area contributed by atoms with Crippen molar-refractivity contribution < 1.29 is 13.9 Å². The molecule has 1 aliphatic carbocycles. The van der Waals surface area contributed by atoms with Gasteiger partial charge < -0.3 is 4.74 Å². The Morgan fingerprint density at radius 3 is 2.75 bits per heavy atom. The number of fused-ring (bicyclic) bond motifs is 3. The summed E-state index contributed by atoms with van der Waals surface area (Å²) in [6.45, 7) is 0. The van der Waals surface area contributed by atoms with Crippen molar-refractivity contribution >= 4 is 39.1 Å². The fourth-order valence-electron chi connectivity index (χ4n) is 3.97. The van der Waals surface area contributed by atoms with Crippen molar-refractivity contribution in [1.29, 1.82) is 0 Å². The highest BCUT2D eigenvalue weighted by molar-refractivity contribution is 8.00. The van der Waals surface area contributed by atoms with Crippen LogP contribution in [0, 0.1) is 5.82 Å². The molecule has 0 saturated carbocycles. The molecule has 4 nitrogen and oxygen atoms in total. The van der Waals surface area contributed by atoms with E-state index in [4.69, 9.17) is 14.7 Å². The highest BCUT2D eigenvalue weighted by Crippen LogP contribution is 2.40. The summed E-state index contributed by atoms with van der Waals surface area (Å²) in [6.07, 6.45) is 4.43. The molecule has 0 amide bonds. The number of nitrogens with zero attached hydrogens (tertiary/aromatic N) is 2.